The van der Waals surface area contributed by atoms with Crippen molar-refractivity contribution in [2.24, 2.45) is 5.41 Å². The van der Waals surface area contributed by atoms with Crippen LogP contribution < -0.4 is 4.74 Å². The minimum Gasteiger partial charge on any atom is -0.495 e. The first-order chi connectivity index (χ1) is 7.92. The van der Waals surface area contributed by atoms with E-state index in [-0.39, 0.29) is 5.41 Å². The maximum absolute atomic E-state index is 5.24. The second-order valence-corrected chi connectivity index (χ2v) is 6.05. The van der Waals surface area contributed by atoms with Crippen molar-refractivity contribution < 1.29 is 4.74 Å². The Labute approximate surface area is 109 Å². The van der Waals surface area contributed by atoms with E-state index < -0.39 is 0 Å². The summed E-state index contributed by atoms with van der Waals surface area (Å²) < 4.78 is 8.03. The Bertz CT molecular complexity index is 542. The zero-order valence-corrected chi connectivity index (χ0v) is 12.1. The molecule has 1 aromatic heterocycles. The lowest BCUT2D eigenvalue weighted by Crippen LogP contribution is -2.16. The predicted octanol–water partition coefficient (Wildman–Crippen LogP) is 3.25. The topological polar surface area (TPSA) is 39.9 Å². The number of ether oxygens (including phenoxy) is 1. The largest absolute Gasteiger partial charge is 0.495 e. The van der Waals surface area contributed by atoms with Gasteiger partial charge in [0.1, 0.15) is 11.3 Å². The molecule has 0 fully saturated rings. The third-order valence-corrected chi connectivity index (χ3v) is 3.20. The van der Waals surface area contributed by atoms with Crippen LogP contribution in [0.5, 0.6) is 5.75 Å². The smallest absolute Gasteiger partial charge is 0.135 e. The average Bonchev–Trinajstić information content (AvgIpc) is 2.61. The van der Waals surface area contributed by atoms with Gasteiger partial charge < -0.3 is 4.74 Å². The van der Waals surface area contributed by atoms with Crippen LogP contribution >= 0.6 is 15.9 Å². The Hall–Kier alpha value is -1.10. The fourth-order valence-corrected chi connectivity index (χ4v) is 2.29. The third-order valence-electron chi connectivity index (χ3n) is 2.43. The molecule has 0 amide bonds. The summed E-state index contributed by atoms with van der Waals surface area (Å²) in [6.45, 7) is 7.37. The number of benzene rings is 1. The van der Waals surface area contributed by atoms with Gasteiger partial charge in [0, 0.05) is 6.54 Å². The monoisotopic (exact) mass is 297 g/mol. The molecular formula is C12H16BrN3O. The van der Waals surface area contributed by atoms with E-state index in [0.717, 1.165) is 27.8 Å². The molecule has 0 unspecified atom stereocenters. The normalized spacial score (nSPS) is 12.1. The molecule has 0 saturated carbocycles. The number of nitrogens with zero attached hydrogens (tertiary/aromatic N) is 3. The SMILES string of the molecule is COc1ccc2c(nnn2CC(C)(C)C)c1Br. The lowest BCUT2D eigenvalue weighted by molar-refractivity contribution is 0.327. The van der Waals surface area contributed by atoms with E-state index in [0.29, 0.717) is 0 Å². The van der Waals surface area contributed by atoms with Gasteiger partial charge in [0.15, 0.2) is 0 Å². The summed E-state index contributed by atoms with van der Waals surface area (Å²) >= 11 is 3.49. The van der Waals surface area contributed by atoms with E-state index in [4.69, 9.17) is 4.74 Å². The first-order valence-corrected chi connectivity index (χ1v) is 6.27. The number of rotatable bonds is 2. The highest BCUT2D eigenvalue weighted by atomic mass is 79.9. The molecule has 0 radical (unpaired) electrons. The molecule has 1 aromatic carbocycles. The van der Waals surface area contributed by atoms with Crippen molar-refractivity contribution in [2.45, 2.75) is 27.3 Å². The molecule has 92 valence electrons. The van der Waals surface area contributed by atoms with Gasteiger partial charge in [-0.3, -0.25) is 0 Å². The zero-order chi connectivity index (χ0) is 12.6. The van der Waals surface area contributed by atoms with Gasteiger partial charge in [-0.25, -0.2) is 4.68 Å². The minimum atomic E-state index is 0.174. The molecule has 0 atom stereocenters. The zero-order valence-electron chi connectivity index (χ0n) is 10.5. The Balaban J connectivity index is 2.52. The summed E-state index contributed by atoms with van der Waals surface area (Å²) in [6, 6.07) is 3.92. The van der Waals surface area contributed by atoms with Gasteiger partial charge in [-0.05, 0) is 33.5 Å². The summed E-state index contributed by atoms with van der Waals surface area (Å²) in [7, 11) is 1.64. The Morgan fingerprint density at radius 3 is 2.65 bits per heavy atom. The predicted molar refractivity (Wildman–Crippen MR) is 71.2 cm³/mol. The van der Waals surface area contributed by atoms with Crippen LogP contribution in [-0.4, -0.2) is 22.1 Å². The molecule has 4 nitrogen and oxygen atoms in total. The second-order valence-electron chi connectivity index (χ2n) is 5.26. The van der Waals surface area contributed by atoms with E-state index in [2.05, 4.69) is 47.0 Å². The number of hydrogen-bond donors (Lipinski definition) is 0. The number of aromatic nitrogens is 3. The maximum atomic E-state index is 5.24. The Kier molecular flexibility index (Phi) is 3.12. The van der Waals surface area contributed by atoms with Crippen molar-refractivity contribution in [3.05, 3.63) is 16.6 Å². The summed E-state index contributed by atoms with van der Waals surface area (Å²) in [5.74, 6) is 0.778. The molecule has 0 aliphatic rings. The van der Waals surface area contributed by atoms with Gasteiger partial charge >= 0.3 is 0 Å². The lowest BCUT2D eigenvalue weighted by Gasteiger charge is -2.17. The molecule has 17 heavy (non-hydrogen) atoms. The van der Waals surface area contributed by atoms with Crippen LogP contribution in [0.1, 0.15) is 20.8 Å². The number of fused-ring (bicyclic) bond motifs is 1. The van der Waals surface area contributed by atoms with Crippen LogP contribution in [0.25, 0.3) is 11.0 Å². The maximum Gasteiger partial charge on any atom is 0.135 e. The van der Waals surface area contributed by atoms with Gasteiger partial charge in [-0.1, -0.05) is 26.0 Å². The van der Waals surface area contributed by atoms with Crippen molar-refractivity contribution in [3.8, 4) is 5.75 Å². The molecular weight excluding hydrogens is 282 g/mol. The van der Waals surface area contributed by atoms with Crippen LogP contribution in [0.2, 0.25) is 0 Å². The van der Waals surface area contributed by atoms with Gasteiger partial charge in [0.25, 0.3) is 0 Å². The molecule has 0 aliphatic carbocycles. The first-order valence-electron chi connectivity index (χ1n) is 5.48. The standard InChI is InChI=1S/C12H16BrN3O/c1-12(2,3)7-16-8-5-6-9(17-4)10(13)11(8)14-15-16/h5-6H,7H2,1-4H3. The second kappa shape index (κ2) is 4.29. The summed E-state index contributed by atoms with van der Waals surface area (Å²) in [5.41, 5.74) is 2.04. The van der Waals surface area contributed by atoms with Crippen LogP contribution in [0, 0.1) is 5.41 Å². The van der Waals surface area contributed by atoms with E-state index in [9.17, 15) is 0 Å². The molecule has 0 bridgehead atoms. The highest BCUT2D eigenvalue weighted by Gasteiger charge is 2.16. The highest BCUT2D eigenvalue weighted by Crippen LogP contribution is 2.32. The third kappa shape index (κ3) is 2.44. The van der Waals surface area contributed by atoms with Gasteiger partial charge in [0.05, 0.1) is 17.1 Å². The molecule has 2 aromatic rings. The van der Waals surface area contributed by atoms with E-state index in [1.807, 2.05) is 16.8 Å². The molecule has 5 heteroatoms. The summed E-state index contributed by atoms with van der Waals surface area (Å²) in [5, 5.41) is 8.40. The molecule has 0 aliphatic heterocycles. The highest BCUT2D eigenvalue weighted by molar-refractivity contribution is 9.10. The van der Waals surface area contributed by atoms with E-state index in [1.54, 1.807) is 7.11 Å². The van der Waals surface area contributed by atoms with Gasteiger partial charge in [0.2, 0.25) is 0 Å². The molecule has 1 heterocycles. The molecule has 0 spiro atoms. The molecule has 2 rings (SSSR count). The Morgan fingerprint density at radius 2 is 2.06 bits per heavy atom. The average molecular weight is 298 g/mol. The van der Waals surface area contributed by atoms with Crippen molar-refractivity contribution in [1.29, 1.82) is 0 Å². The summed E-state index contributed by atoms with van der Waals surface area (Å²) in [4.78, 5) is 0. The van der Waals surface area contributed by atoms with Gasteiger partial charge in [-0.15, -0.1) is 5.10 Å². The molecule has 0 N–H and O–H groups in total. The fraction of sp³-hybridized carbons (Fsp3) is 0.500. The number of halogens is 1. The van der Waals surface area contributed by atoms with Gasteiger partial charge in [-0.2, -0.15) is 0 Å². The van der Waals surface area contributed by atoms with Crippen molar-refractivity contribution in [3.63, 3.8) is 0 Å². The Morgan fingerprint density at radius 1 is 1.35 bits per heavy atom. The lowest BCUT2D eigenvalue weighted by atomic mass is 9.97. The van der Waals surface area contributed by atoms with Crippen molar-refractivity contribution >= 4 is 27.0 Å². The van der Waals surface area contributed by atoms with Crippen molar-refractivity contribution in [2.75, 3.05) is 7.11 Å². The fourth-order valence-electron chi connectivity index (χ4n) is 1.71. The quantitative estimate of drug-likeness (QED) is 0.854. The molecule has 0 saturated heterocycles. The van der Waals surface area contributed by atoms with Crippen LogP contribution in [0.3, 0.4) is 0 Å². The van der Waals surface area contributed by atoms with Crippen LogP contribution in [-0.2, 0) is 6.54 Å². The van der Waals surface area contributed by atoms with E-state index >= 15 is 0 Å². The summed E-state index contributed by atoms with van der Waals surface area (Å²) in [6.07, 6.45) is 0. The number of methoxy groups -OCH3 is 1. The minimum absolute atomic E-state index is 0.174. The van der Waals surface area contributed by atoms with Crippen LogP contribution in [0.4, 0.5) is 0 Å². The van der Waals surface area contributed by atoms with E-state index in [1.165, 1.54) is 0 Å². The first kappa shape index (κ1) is 12.4. The number of hydrogen-bond acceptors (Lipinski definition) is 3. The van der Waals surface area contributed by atoms with Crippen LogP contribution in [0.15, 0.2) is 16.6 Å². The van der Waals surface area contributed by atoms with Crippen molar-refractivity contribution in [1.82, 2.24) is 15.0 Å².